The molecule has 0 nitrogen and oxygen atoms in total. The highest BCUT2D eigenvalue weighted by atomic mass is 127. The van der Waals surface area contributed by atoms with E-state index in [4.69, 9.17) is 0 Å². The SMILES string of the molecule is [CH2]C(C)(I)CCCCC. The lowest BCUT2D eigenvalue weighted by atomic mass is 10.1. The molecule has 0 amide bonds. The van der Waals surface area contributed by atoms with Crippen molar-refractivity contribution in [2.75, 3.05) is 0 Å². The molecular formula is C8H16I. The van der Waals surface area contributed by atoms with E-state index < -0.39 is 0 Å². The van der Waals surface area contributed by atoms with Crippen molar-refractivity contribution in [1.29, 1.82) is 0 Å². The van der Waals surface area contributed by atoms with Crippen molar-refractivity contribution in [3.05, 3.63) is 6.92 Å². The van der Waals surface area contributed by atoms with Crippen LogP contribution < -0.4 is 0 Å². The van der Waals surface area contributed by atoms with Gasteiger partial charge in [-0.25, -0.2) is 0 Å². The molecule has 0 aromatic rings. The summed E-state index contributed by atoms with van der Waals surface area (Å²) in [6, 6.07) is 0. The highest BCUT2D eigenvalue weighted by molar-refractivity contribution is 14.1. The van der Waals surface area contributed by atoms with E-state index in [0.717, 1.165) is 0 Å². The van der Waals surface area contributed by atoms with Gasteiger partial charge < -0.3 is 0 Å². The molecular weight excluding hydrogens is 223 g/mol. The topological polar surface area (TPSA) is 0 Å². The van der Waals surface area contributed by atoms with Gasteiger partial charge in [-0.2, -0.15) is 0 Å². The number of rotatable bonds is 4. The third kappa shape index (κ3) is 8.73. The Balaban J connectivity index is 3.07. The molecule has 0 aliphatic heterocycles. The van der Waals surface area contributed by atoms with Gasteiger partial charge >= 0.3 is 0 Å². The molecule has 0 aromatic carbocycles. The summed E-state index contributed by atoms with van der Waals surface area (Å²) in [4.78, 5) is 0. The Morgan fingerprint density at radius 3 is 2.33 bits per heavy atom. The fourth-order valence-corrected chi connectivity index (χ4v) is 1.12. The van der Waals surface area contributed by atoms with E-state index in [0.29, 0.717) is 0 Å². The predicted molar refractivity (Wildman–Crippen MR) is 51.9 cm³/mol. The molecule has 9 heavy (non-hydrogen) atoms. The predicted octanol–water partition coefficient (Wildman–Crippen LogP) is 3.59. The van der Waals surface area contributed by atoms with Crippen LogP contribution in [0.3, 0.4) is 0 Å². The Labute approximate surface area is 72.6 Å². The molecule has 0 aliphatic rings. The Morgan fingerprint density at radius 2 is 2.00 bits per heavy atom. The lowest BCUT2D eigenvalue weighted by Gasteiger charge is -2.14. The standard InChI is InChI=1S/C8H16I/c1-4-5-6-7-8(2,3)9/h2,4-7H2,1,3H3. The quantitative estimate of drug-likeness (QED) is 0.399. The van der Waals surface area contributed by atoms with E-state index in [1.54, 1.807) is 0 Å². The van der Waals surface area contributed by atoms with Gasteiger partial charge in [-0.05, 0) is 13.3 Å². The number of unbranched alkanes of at least 4 members (excludes halogenated alkanes) is 2. The van der Waals surface area contributed by atoms with Crippen LogP contribution in [-0.2, 0) is 0 Å². The van der Waals surface area contributed by atoms with Gasteiger partial charge in [-0.3, -0.25) is 0 Å². The van der Waals surface area contributed by atoms with Gasteiger partial charge in [0.05, 0.1) is 0 Å². The highest BCUT2D eigenvalue weighted by Gasteiger charge is 2.10. The zero-order valence-electron chi connectivity index (χ0n) is 6.41. The van der Waals surface area contributed by atoms with Crippen molar-refractivity contribution in [3.8, 4) is 0 Å². The van der Waals surface area contributed by atoms with Crippen molar-refractivity contribution < 1.29 is 0 Å². The molecule has 0 aromatic heterocycles. The zero-order chi connectivity index (χ0) is 7.33. The van der Waals surface area contributed by atoms with Crippen LogP contribution in [0.2, 0.25) is 0 Å². The van der Waals surface area contributed by atoms with Gasteiger partial charge in [0.25, 0.3) is 0 Å². The monoisotopic (exact) mass is 239 g/mol. The first-order valence-corrected chi connectivity index (χ1v) is 4.68. The van der Waals surface area contributed by atoms with Gasteiger partial charge in [0.15, 0.2) is 0 Å². The molecule has 1 atom stereocenters. The summed E-state index contributed by atoms with van der Waals surface area (Å²) < 4.78 is 0.271. The number of alkyl halides is 1. The first-order valence-electron chi connectivity index (χ1n) is 3.60. The van der Waals surface area contributed by atoms with Gasteiger partial charge in [-0.1, -0.05) is 55.7 Å². The zero-order valence-corrected chi connectivity index (χ0v) is 8.57. The first kappa shape index (κ1) is 9.73. The molecule has 0 saturated heterocycles. The van der Waals surface area contributed by atoms with E-state index in [9.17, 15) is 0 Å². The lowest BCUT2D eigenvalue weighted by Crippen LogP contribution is -2.08. The van der Waals surface area contributed by atoms with Crippen LogP contribution in [-0.4, -0.2) is 3.42 Å². The minimum Gasteiger partial charge on any atom is -0.0792 e. The largest absolute Gasteiger partial charge is 0.0792 e. The molecule has 55 valence electrons. The number of halogens is 1. The van der Waals surface area contributed by atoms with E-state index in [1.807, 2.05) is 0 Å². The van der Waals surface area contributed by atoms with Crippen molar-refractivity contribution in [3.63, 3.8) is 0 Å². The Bertz CT molecular complexity index is 61.5. The minimum absolute atomic E-state index is 0.271. The molecule has 0 saturated carbocycles. The summed E-state index contributed by atoms with van der Waals surface area (Å²) >= 11 is 2.41. The van der Waals surface area contributed by atoms with Crippen LogP contribution in [0, 0.1) is 6.92 Å². The van der Waals surface area contributed by atoms with Crippen molar-refractivity contribution >= 4 is 22.6 Å². The lowest BCUT2D eigenvalue weighted by molar-refractivity contribution is 0.621. The fourth-order valence-electron chi connectivity index (χ4n) is 0.744. The molecule has 1 unspecified atom stereocenters. The van der Waals surface area contributed by atoms with Crippen LogP contribution in [0.25, 0.3) is 0 Å². The van der Waals surface area contributed by atoms with E-state index in [2.05, 4.69) is 43.4 Å². The van der Waals surface area contributed by atoms with E-state index in [-0.39, 0.29) is 3.42 Å². The van der Waals surface area contributed by atoms with Crippen molar-refractivity contribution in [1.82, 2.24) is 0 Å². The maximum atomic E-state index is 4.03. The molecule has 0 bridgehead atoms. The third-order valence-corrected chi connectivity index (χ3v) is 1.84. The van der Waals surface area contributed by atoms with Crippen LogP contribution in [0.15, 0.2) is 0 Å². The average molecular weight is 239 g/mol. The van der Waals surface area contributed by atoms with Crippen LogP contribution in [0.1, 0.15) is 39.5 Å². The van der Waals surface area contributed by atoms with E-state index in [1.165, 1.54) is 25.7 Å². The molecule has 0 N–H and O–H groups in total. The molecule has 1 heteroatoms. The van der Waals surface area contributed by atoms with Gasteiger partial charge in [0, 0.05) is 3.42 Å². The average Bonchev–Trinajstić information content (AvgIpc) is 1.63. The summed E-state index contributed by atoms with van der Waals surface area (Å²) in [5.41, 5.74) is 0. The van der Waals surface area contributed by atoms with Gasteiger partial charge in [0.1, 0.15) is 0 Å². The Kier molecular flexibility index (Phi) is 4.90. The molecule has 0 fully saturated rings. The second kappa shape index (κ2) is 4.53. The maximum Gasteiger partial charge on any atom is 0.0194 e. The summed E-state index contributed by atoms with van der Waals surface area (Å²) in [6.45, 7) is 8.44. The molecule has 0 spiro atoms. The van der Waals surface area contributed by atoms with Crippen LogP contribution >= 0.6 is 22.6 Å². The molecule has 0 heterocycles. The second-order valence-electron chi connectivity index (χ2n) is 2.87. The fraction of sp³-hybridized carbons (Fsp3) is 0.875. The molecule has 0 aliphatic carbocycles. The van der Waals surface area contributed by atoms with Gasteiger partial charge in [-0.15, -0.1) is 0 Å². The second-order valence-corrected chi connectivity index (χ2v) is 5.47. The third-order valence-electron chi connectivity index (χ3n) is 1.30. The van der Waals surface area contributed by atoms with Crippen molar-refractivity contribution in [2.24, 2.45) is 0 Å². The summed E-state index contributed by atoms with van der Waals surface area (Å²) in [5.74, 6) is 0. The van der Waals surface area contributed by atoms with Crippen molar-refractivity contribution in [2.45, 2.75) is 43.0 Å². The first-order chi connectivity index (χ1) is 4.06. The van der Waals surface area contributed by atoms with Gasteiger partial charge in [0.2, 0.25) is 0 Å². The normalized spacial score (nSPS) is 12.0. The number of hydrogen-bond donors (Lipinski definition) is 0. The Morgan fingerprint density at radius 1 is 1.44 bits per heavy atom. The molecule has 0 rings (SSSR count). The van der Waals surface area contributed by atoms with Crippen LogP contribution in [0.4, 0.5) is 0 Å². The highest BCUT2D eigenvalue weighted by Crippen LogP contribution is 2.23. The minimum atomic E-state index is 0.271. The smallest absolute Gasteiger partial charge is 0.0194 e. The van der Waals surface area contributed by atoms with Crippen LogP contribution in [0.5, 0.6) is 0 Å². The number of hydrogen-bond acceptors (Lipinski definition) is 0. The molecule has 1 radical (unpaired) electrons. The van der Waals surface area contributed by atoms with E-state index >= 15 is 0 Å². The Hall–Kier alpha value is 0.730. The summed E-state index contributed by atoms with van der Waals surface area (Å²) in [6.07, 6.45) is 5.25. The summed E-state index contributed by atoms with van der Waals surface area (Å²) in [7, 11) is 0. The summed E-state index contributed by atoms with van der Waals surface area (Å²) in [5, 5.41) is 0. The maximum absolute atomic E-state index is 4.03.